The molecule has 0 radical (unpaired) electrons. The predicted octanol–water partition coefficient (Wildman–Crippen LogP) is 4.97. The quantitative estimate of drug-likeness (QED) is 0.307. The standard InChI is InChI=1S/C29H32N6O3/c1-2-3-12-26(36)35(18-20-13-14-25-21(17-20)8-7-16-30-25)19-29(28(37)38)15-6-11-24(29)22-9-4-5-10-23(22)27-31-33-34-32-27/h4-5,7-10,13-14,16-17,24H,2-3,6,11-12,15,18-19H2,1H3,(H,37,38)(H,31,32,33,34). The third-order valence-corrected chi connectivity index (χ3v) is 7.76. The molecule has 2 heterocycles. The van der Waals surface area contributed by atoms with Crippen molar-refractivity contribution in [2.45, 2.75) is 57.9 Å². The number of aromatic nitrogens is 5. The summed E-state index contributed by atoms with van der Waals surface area (Å²) in [7, 11) is 0. The van der Waals surface area contributed by atoms with E-state index in [1.807, 2.05) is 54.6 Å². The summed E-state index contributed by atoms with van der Waals surface area (Å²) in [6.07, 6.45) is 5.78. The Balaban J connectivity index is 1.51. The molecule has 9 heteroatoms. The Bertz CT molecular complexity index is 1420. The van der Waals surface area contributed by atoms with Gasteiger partial charge in [-0.3, -0.25) is 14.6 Å². The van der Waals surface area contributed by atoms with Crippen molar-refractivity contribution in [1.29, 1.82) is 0 Å². The number of carboxylic acid groups (broad SMARTS) is 1. The van der Waals surface area contributed by atoms with E-state index in [-0.39, 0.29) is 18.4 Å². The molecule has 0 bridgehead atoms. The molecule has 2 aromatic heterocycles. The van der Waals surface area contributed by atoms with E-state index in [0.29, 0.717) is 31.6 Å². The molecule has 1 amide bonds. The van der Waals surface area contributed by atoms with Crippen molar-refractivity contribution in [3.8, 4) is 11.4 Å². The number of carbonyl (C=O) groups is 2. The number of aliphatic carboxylic acids is 1. The summed E-state index contributed by atoms with van der Waals surface area (Å²) >= 11 is 0. The maximum Gasteiger partial charge on any atom is 0.312 e. The second kappa shape index (κ2) is 11.1. The number of pyridine rings is 1. The summed E-state index contributed by atoms with van der Waals surface area (Å²) in [6, 6.07) is 17.5. The number of tetrazole rings is 1. The Morgan fingerprint density at radius 1 is 1.16 bits per heavy atom. The number of aromatic amines is 1. The number of unbranched alkanes of at least 4 members (excludes halogenated alkanes) is 1. The van der Waals surface area contributed by atoms with E-state index >= 15 is 0 Å². The Morgan fingerprint density at radius 2 is 2.03 bits per heavy atom. The number of carboxylic acids is 1. The fourth-order valence-corrected chi connectivity index (χ4v) is 5.83. The van der Waals surface area contributed by atoms with Crippen molar-refractivity contribution in [2.24, 2.45) is 5.41 Å². The van der Waals surface area contributed by atoms with Gasteiger partial charge in [0.25, 0.3) is 0 Å². The summed E-state index contributed by atoms with van der Waals surface area (Å²) in [5.41, 5.74) is 2.41. The number of hydrogen-bond acceptors (Lipinski definition) is 6. The van der Waals surface area contributed by atoms with E-state index in [9.17, 15) is 14.7 Å². The number of amides is 1. The minimum absolute atomic E-state index is 0.0165. The molecule has 4 aromatic rings. The van der Waals surface area contributed by atoms with E-state index in [0.717, 1.165) is 46.9 Å². The minimum Gasteiger partial charge on any atom is -0.481 e. The van der Waals surface area contributed by atoms with Crippen LogP contribution in [0.4, 0.5) is 0 Å². The lowest BCUT2D eigenvalue weighted by molar-refractivity contribution is -0.152. The summed E-state index contributed by atoms with van der Waals surface area (Å²) in [6.45, 7) is 2.54. The van der Waals surface area contributed by atoms with Gasteiger partial charge in [-0.25, -0.2) is 5.10 Å². The smallest absolute Gasteiger partial charge is 0.312 e. The molecule has 1 fully saturated rings. The molecular formula is C29H32N6O3. The van der Waals surface area contributed by atoms with Gasteiger partial charge in [0.05, 0.1) is 10.9 Å². The molecule has 2 aromatic carbocycles. The highest BCUT2D eigenvalue weighted by atomic mass is 16.4. The first kappa shape index (κ1) is 25.5. The lowest BCUT2D eigenvalue weighted by Crippen LogP contribution is -2.46. The zero-order chi connectivity index (χ0) is 26.5. The van der Waals surface area contributed by atoms with Crippen molar-refractivity contribution in [3.05, 3.63) is 71.9 Å². The third-order valence-electron chi connectivity index (χ3n) is 7.76. The van der Waals surface area contributed by atoms with Crippen molar-refractivity contribution in [1.82, 2.24) is 30.5 Å². The Labute approximate surface area is 221 Å². The molecule has 5 rings (SSSR count). The van der Waals surface area contributed by atoms with E-state index < -0.39 is 11.4 Å². The van der Waals surface area contributed by atoms with Crippen LogP contribution in [0.15, 0.2) is 60.8 Å². The molecule has 2 unspecified atom stereocenters. The first-order chi connectivity index (χ1) is 18.5. The molecule has 1 aliphatic rings. The predicted molar refractivity (Wildman–Crippen MR) is 143 cm³/mol. The van der Waals surface area contributed by atoms with Gasteiger partial charge in [-0.1, -0.05) is 56.2 Å². The number of benzene rings is 2. The van der Waals surface area contributed by atoms with Crippen LogP contribution in [0.3, 0.4) is 0 Å². The van der Waals surface area contributed by atoms with E-state index in [1.54, 1.807) is 11.1 Å². The van der Waals surface area contributed by atoms with Crippen LogP contribution < -0.4 is 0 Å². The lowest BCUT2D eigenvalue weighted by atomic mass is 9.72. The molecule has 1 aliphatic carbocycles. The average molecular weight is 513 g/mol. The van der Waals surface area contributed by atoms with Crippen LogP contribution in [0.25, 0.3) is 22.3 Å². The van der Waals surface area contributed by atoms with Crippen molar-refractivity contribution < 1.29 is 14.7 Å². The molecule has 2 atom stereocenters. The molecule has 2 N–H and O–H groups in total. The van der Waals surface area contributed by atoms with Crippen LogP contribution in [0.5, 0.6) is 0 Å². The van der Waals surface area contributed by atoms with Gasteiger partial charge in [0, 0.05) is 42.6 Å². The van der Waals surface area contributed by atoms with Gasteiger partial charge in [-0.05, 0) is 59.0 Å². The van der Waals surface area contributed by atoms with Crippen LogP contribution in [0, 0.1) is 5.41 Å². The van der Waals surface area contributed by atoms with Gasteiger partial charge in [-0.2, -0.15) is 0 Å². The number of H-pyrrole nitrogens is 1. The van der Waals surface area contributed by atoms with E-state index in [4.69, 9.17) is 0 Å². The maximum atomic E-state index is 13.5. The molecule has 9 nitrogen and oxygen atoms in total. The van der Waals surface area contributed by atoms with Crippen LogP contribution in [0.1, 0.15) is 62.5 Å². The number of hydrogen-bond donors (Lipinski definition) is 2. The maximum absolute atomic E-state index is 13.5. The van der Waals surface area contributed by atoms with Crippen molar-refractivity contribution in [2.75, 3.05) is 6.54 Å². The topological polar surface area (TPSA) is 125 Å². The molecule has 0 saturated heterocycles. The number of rotatable bonds is 10. The Morgan fingerprint density at radius 3 is 2.82 bits per heavy atom. The van der Waals surface area contributed by atoms with Gasteiger partial charge >= 0.3 is 5.97 Å². The zero-order valence-corrected chi connectivity index (χ0v) is 21.5. The fourth-order valence-electron chi connectivity index (χ4n) is 5.83. The average Bonchev–Trinajstić information content (AvgIpc) is 3.62. The number of carbonyl (C=O) groups excluding carboxylic acids is 1. The SMILES string of the molecule is CCCCC(=O)N(Cc1ccc2ncccc2c1)CC1(C(=O)O)CCCC1c1ccccc1-c1nnn[nH]1. The Kier molecular flexibility index (Phi) is 7.44. The van der Waals surface area contributed by atoms with E-state index in [1.165, 1.54) is 0 Å². The summed E-state index contributed by atoms with van der Waals surface area (Å²) in [5, 5.41) is 26.0. The first-order valence-corrected chi connectivity index (χ1v) is 13.2. The van der Waals surface area contributed by atoms with Gasteiger partial charge in [0.15, 0.2) is 5.82 Å². The first-order valence-electron chi connectivity index (χ1n) is 13.2. The van der Waals surface area contributed by atoms with Gasteiger partial charge in [0.1, 0.15) is 0 Å². The van der Waals surface area contributed by atoms with Gasteiger partial charge in [0.2, 0.25) is 5.91 Å². The van der Waals surface area contributed by atoms with Crippen molar-refractivity contribution in [3.63, 3.8) is 0 Å². The highest BCUT2D eigenvalue weighted by molar-refractivity contribution is 5.82. The van der Waals surface area contributed by atoms with Crippen LogP contribution >= 0.6 is 0 Å². The lowest BCUT2D eigenvalue weighted by Gasteiger charge is -2.37. The summed E-state index contributed by atoms with van der Waals surface area (Å²) in [4.78, 5) is 32.8. The van der Waals surface area contributed by atoms with E-state index in [2.05, 4.69) is 32.5 Å². The highest BCUT2D eigenvalue weighted by Gasteiger charge is 2.52. The summed E-state index contributed by atoms with van der Waals surface area (Å²) < 4.78 is 0. The molecule has 196 valence electrons. The molecule has 0 spiro atoms. The molecule has 38 heavy (non-hydrogen) atoms. The van der Waals surface area contributed by atoms with Crippen LogP contribution in [-0.4, -0.2) is 54.0 Å². The zero-order valence-electron chi connectivity index (χ0n) is 21.5. The minimum atomic E-state index is -1.12. The number of nitrogens with zero attached hydrogens (tertiary/aromatic N) is 5. The largest absolute Gasteiger partial charge is 0.481 e. The van der Waals surface area contributed by atoms with Gasteiger partial charge < -0.3 is 10.0 Å². The Hall–Kier alpha value is -4.14. The molecule has 0 aliphatic heterocycles. The molecular weight excluding hydrogens is 480 g/mol. The second-order valence-electron chi connectivity index (χ2n) is 10.1. The fraction of sp³-hybridized carbons (Fsp3) is 0.379. The highest BCUT2D eigenvalue weighted by Crippen LogP contribution is 2.52. The monoisotopic (exact) mass is 512 g/mol. The van der Waals surface area contributed by atoms with Gasteiger partial charge in [-0.15, -0.1) is 5.10 Å². The number of fused-ring (bicyclic) bond motifs is 1. The van der Waals surface area contributed by atoms with Crippen LogP contribution in [-0.2, 0) is 16.1 Å². The second-order valence-corrected chi connectivity index (χ2v) is 10.1. The summed E-state index contributed by atoms with van der Waals surface area (Å²) in [5.74, 6) is -0.672. The van der Waals surface area contributed by atoms with Crippen LogP contribution in [0.2, 0.25) is 0 Å². The van der Waals surface area contributed by atoms with Crippen molar-refractivity contribution >= 4 is 22.8 Å². The normalized spacial score (nSPS) is 19.0. The third kappa shape index (κ3) is 5.01. The molecule has 1 saturated carbocycles. The number of nitrogens with one attached hydrogen (secondary N) is 1.